The smallest absolute Gasteiger partial charge is 0.131 e. The maximum atomic E-state index is 6.76. The van der Waals surface area contributed by atoms with Gasteiger partial charge in [0.2, 0.25) is 0 Å². The van der Waals surface area contributed by atoms with E-state index in [4.69, 9.17) is 28.9 Å². The molecule has 0 saturated carbocycles. The number of rotatable bonds is 24. The third-order valence-corrected chi connectivity index (χ3v) is 10.9. The van der Waals surface area contributed by atoms with Crippen molar-refractivity contribution < 1.29 is 18.9 Å². The van der Waals surface area contributed by atoms with Gasteiger partial charge in [-0.05, 0) is 114 Å². The van der Waals surface area contributed by atoms with Gasteiger partial charge in [-0.15, -0.1) is 0 Å². The molecule has 0 saturated heterocycles. The van der Waals surface area contributed by atoms with Crippen LogP contribution in [-0.2, 0) is 18.9 Å². The predicted molar refractivity (Wildman–Crippen MR) is 234 cm³/mol. The van der Waals surface area contributed by atoms with E-state index in [9.17, 15) is 0 Å². The van der Waals surface area contributed by atoms with E-state index in [2.05, 4.69) is 125 Å². The third kappa shape index (κ3) is 11.3. The summed E-state index contributed by atoms with van der Waals surface area (Å²) in [6.07, 6.45) is 20.7. The van der Waals surface area contributed by atoms with E-state index in [1.165, 1.54) is 0 Å². The van der Waals surface area contributed by atoms with E-state index >= 15 is 0 Å². The van der Waals surface area contributed by atoms with Crippen LogP contribution in [0.15, 0.2) is 36.4 Å². The lowest BCUT2D eigenvalue weighted by molar-refractivity contribution is 0.0172. The summed E-state index contributed by atoms with van der Waals surface area (Å²) in [6, 6.07) is 13.2. The summed E-state index contributed by atoms with van der Waals surface area (Å²) in [6.45, 7) is 20.5. The Bertz CT molecular complexity index is 1770. The van der Waals surface area contributed by atoms with Gasteiger partial charge in [0, 0.05) is 48.6 Å². The molecule has 306 valence electrons. The Morgan fingerprint density at radius 1 is 0.464 bits per heavy atom. The van der Waals surface area contributed by atoms with Gasteiger partial charge in [-0.1, -0.05) is 79.1 Å². The standard InChI is InChI=1S/C48H70N4O4/c1-9-13-17-29-53-35(5)43-33-41-25-21-39-23-27-45(49-39)46-28-24-40(50-46)22-26-42-34-44(36(6)54-30-18-14-10-2)48(52(42)38(8)56-32-20-16-12-4)47(43)51(41)37(7)55-31-19-15-11-3/h21-28,33-38H,9-20,29-32H2,1-8H3. The molecule has 0 fully saturated rings. The minimum Gasteiger partial charge on any atom is -0.374 e. The lowest BCUT2D eigenvalue weighted by Gasteiger charge is -2.23. The fourth-order valence-electron chi connectivity index (χ4n) is 7.63. The SMILES string of the molecule is CCCCCOC(C)c1cc2ccc3nc(c4nc(ccc5cc(C(C)OCCCCC)c(c1n2C(C)OCCCCC)n5C(C)OCCCCC)C=C4)C=C3. The van der Waals surface area contributed by atoms with E-state index in [1.807, 2.05) is 0 Å². The summed E-state index contributed by atoms with van der Waals surface area (Å²) in [7, 11) is 0. The summed E-state index contributed by atoms with van der Waals surface area (Å²) >= 11 is 0. The molecule has 0 amide bonds. The molecule has 2 aliphatic rings. The second-order valence-electron chi connectivity index (χ2n) is 15.5. The van der Waals surface area contributed by atoms with Gasteiger partial charge in [0.05, 0.1) is 46.0 Å². The normalized spacial score (nSPS) is 14.7. The van der Waals surface area contributed by atoms with Gasteiger partial charge in [-0.25, -0.2) is 9.97 Å². The van der Waals surface area contributed by atoms with Gasteiger partial charge in [0.25, 0.3) is 0 Å². The molecule has 3 aromatic heterocycles. The van der Waals surface area contributed by atoms with E-state index in [0.29, 0.717) is 26.4 Å². The van der Waals surface area contributed by atoms with Gasteiger partial charge in [0.1, 0.15) is 12.5 Å². The zero-order valence-corrected chi connectivity index (χ0v) is 35.8. The van der Waals surface area contributed by atoms with Crippen molar-refractivity contribution in [3.8, 4) is 0 Å². The van der Waals surface area contributed by atoms with Crippen LogP contribution >= 0.6 is 0 Å². The average molecular weight is 767 g/mol. The molecule has 5 heterocycles. The highest BCUT2D eigenvalue weighted by Gasteiger charge is 2.26. The van der Waals surface area contributed by atoms with Gasteiger partial charge in [-0.2, -0.15) is 0 Å². The maximum absolute atomic E-state index is 6.76. The molecule has 4 atom stereocenters. The minimum absolute atomic E-state index is 0.170. The van der Waals surface area contributed by atoms with Crippen LogP contribution in [0.25, 0.3) is 46.4 Å². The average Bonchev–Trinajstić information content (AvgIpc) is 4.01. The zero-order chi connectivity index (χ0) is 39.9. The van der Waals surface area contributed by atoms with Crippen LogP contribution < -0.4 is 0 Å². The number of ether oxygens (including phenoxy) is 4. The van der Waals surface area contributed by atoms with Crippen LogP contribution in [-0.4, -0.2) is 45.5 Å². The molecule has 8 nitrogen and oxygen atoms in total. The van der Waals surface area contributed by atoms with E-state index in [-0.39, 0.29) is 24.7 Å². The Labute approximate surface area is 337 Å². The summed E-state index contributed by atoms with van der Waals surface area (Å²) in [5.41, 5.74) is 9.99. The lowest BCUT2D eigenvalue weighted by Crippen LogP contribution is -2.15. The van der Waals surface area contributed by atoms with Gasteiger partial charge in [-0.3, -0.25) is 0 Å². The molecule has 0 aromatic carbocycles. The Kier molecular flexibility index (Phi) is 17.4. The molecule has 0 aliphatic carbocycles. The van der Waals surface area contributed by atoms with Crippen molar-refractivity contribution in [2.24, 2.45) is 0 Å². The molecule has 8 heteroatoms. The van der Waals surface area contributed by atoms with Crippen molar-refractivity contribution in [1.82, 2.24) is 19.1 Å². The summed E-state index contributed by atoms with van der Waals surface area (Å²) < 4.78 is 31.7. The second kappa shape index (κ2) is 22.4. The first-order valence-electron chi connectivity index (χ1n) is 21.9. The highest BCUT2D eigenvalue weighted by Crippen LogP contribution is 2.39. The zero-order valence-electron chi connectivity index (χ0n) is 35.8. The first-order chi connectivity index (χ1) is 27.3. The molecule has 5 rings (SSSR count). The fourth-order valence-corrected chi connectivity index (χ4v) is 7.63. The molecule has 0 spiro atoms. The molecule has 3 aromatic rings. The van der Waals surface area contributed by atoms with E-state index in [0.717, 1.165) is 133 Å². The fraction of sp³-hybridized carbons (Fsp3) is 0.583. The van der Waals surface area contributed by atoms with Crippen molar-refractivity contribution in [2.45, 2.75) is 157 Å². The predicted octanol–water partition coefficient (Wildman–Crippen LogP) is 13.6. The summed E-state index contributed by atoms with van der Waals surface area (Å²) in [5, 5.41) is 0. The molecule has 56 heavy (non-hydrogen) atoms. The van der Waals surface area contributed by atoms with Crippen LogP contribution in [0, 0.1) is 0 Å². The van der Waals surface area contributed by atoms with Crippen LogP contribution in [0.3, 0.4) is 0 Å². The molecule has 0 N–H and O–H groups in total. The van der Waals surface area contributed by atoms with E-state index in [1.54, 1.807) is 0 Å². The van der Waals surface area contributed by atoms with Gasteiger partial charge in [0.15, 0.2) is 0 Å². The van der Waals surface area contributed by atoms with Crippen LogP contribution in [0.1, 0.15) is 191 Å². The minimum atomic E-state index is -0.258. The third-order valence-electron chi connectivity index (χ3n) is 10.9. The number of nitrogens with zero attached hydrogens (tertiary/aromatic N) is 4. The highest BCUT2D eigenvalue weighted by molar-refractivity contribution is 5.90. The Hall–Kier alpha value is -3.56. The summed E-state index contributed by atoms with van der Waals surface area (Å²) in [4.78, 5) is 9.93. The number of fused-ring (bicyclic) bond motifs is 10. The quantitative estimate of drug-likeness (QED) is 0.0582. The molecular formula is C48H70N4O4. The number of hydrogen-bond donors (Lipinski definition) is 0. The first kappa shape index (κ1) is 43.6. The number of aromatic nitrogens is 4. The summed E-state index contributed by atoms with van der Waals surface area (Å²) in [5.74, 6) is 0. The molecular weight excluding hydrogens is 697 g/mol. The topological polar surface area (TPSA) is 72.6 Å². The molecule has 2 aliphatic heterocycles. The Morgan fingerprint density at radius 3 is 1.18 bits per heavy atom. The lowest BCUT2D eigenvalue weighted by atomic mass is 10.1. The van der Waals surface area contributed by atoms with Gasteiger partial charge < -0.3 is 28.1 Å². The molecule has 4 unspecified atom stereocenters. The molecule has 0 radical (unpaired) electrons. The van der Waals surface area contributed by atoms with Crippen molar-refractivity contribution in [3.63, 3.8) is 0 Å². The van der Waals surface area contributed by atoms with Crippen molar-refractivity contribution in [1.29, 1.82) is 0 Å². The molecule has 8 bridgehead atoms. The van der Waals surface area contributed by atoms with Crippen LogP contribution in [0.4, 0.5) is 0 Å². The van der Waals surface area contributed by atoms with Crippen LogP contribution in [0.2, 0.25) is 0 Å². The monoisotopic (exact) mass is 767 g/mol. The Morgan fingerprint density at radius 2 is 0.821 bits per heavy atom. The maximum Gasteiger partial charge on any atom is 0.131 e. The number of hydrogen-bond acceptors (Lipinski definition) is 6. The first-order valence-corrected chi connectivity index (χ1v) is 21.9. The number of unbranched alkanes of at least 4 members (excludes halogenated alkanes) is 8. The van der Waals surface area contributed by atoms with E-state index < -0.39 is 0 Å². The second-order valence-corrected chi connectivity index (χ2v) is 15.5. The Balaban J connectivity index is 1.90. The van der Waals surface area contributed by atoms with Crippen LogP contribution in [0.5, 0.6) is 0 Å². The van der Waals surface area contributed by atoms with Crippen molar-refractivity contribution in [2.75, 3.05) is 26.4 Å². The highest BCUT2D eigenvalue weighted by atomic mass is 16.5. The van der Waals surface area contributed by atoms with Gasteiger partial charge >= 0.3 is 0 Å². The van der Waals surface area contributed by atoms with Crippen molar-refractivity contribution in [3.05, 3.63) is 70.3 Å². The van der Waals surface area contributed by atoms with Crippen molar-refractivity contribution >= 4 is 46.4 Å². The largest absolute Gasteiger partial charge is 0.374 e.